The van der Waals surface area contributed by atoms with Gasteiger partial charge in [0, 0.05) is 38.2 Å². The zero-order valence-corrected chi connectivity index (χ0v) is 25.4. The van der Waals surface area contributed by atoms with Gasteiger partial charge in [0.05, 0.1) is 11.0 Å². The molecule has 0 N–H and O–H groups in total. The van der Waals surface area contributed by atoms with Gasteiger partial charge in [-0.15, -0.1) is 0 Å². The lowest BCUT2D eigenvalue weighted by Crippen LogP contribution is -2.15. The highest BCUT2D eigenvalue weighted by molar-refractivity contribution is 6.13. The summed E-state index contributed by atoms with van der Waals surface area (Å²) in [5, 5.41) is 4.82. The fraction of sp³-hybridized carbons (Fsp3) is 0.0698. The number of nitrogens with zero attached hydrogens (tertiary/aromatic N) is 1. The van der Waals surface area contributed by atoms with Crippen LogP contribution in [0.2, 0.25) is 0 Å². The molecule has 0 bridgehead atoms. The van der Waals surface area contributed by atoms with Gasteiger partial charge >= 0.3 is 0 Å². The fourth-order valence-corrected chi connectivity index (χ4v) is 7.58. The van der Waals surface area contributed by atoms with Crippen molar-refractivity contribution in [3.05, 3.63) is 157 Å². The minimum atomic E-state index is -0.166. The highest BCUT2D eigenvalue weighted by Gasteiger charge is 2.38. The Kier molecular flexibility index (Phi) is 5.29. The molecular formula is C43H31NO. The second-order valence-corrected chi connectivity index (χ2v) is 12.7. The van der Waals surface area contributed by atoms with Gasteiger partial charge in [-0.05, 0) is 81.4 Å². The molecule has 2 aromatic heterocycles. The molecule has 1 aliphatic carbocycles. The van der Waals surface area contributed by atoms with Gasteiger partial charge in [-0.25, -0.2) is 0 Å². The number of aromatic nitrogens is 1. The Hall–Kier alpha value is -5.60. The van der Waals surface area contributed by atoms with E-state index in [0.717, 1.165) is 22.3 Å². The summed E-state index contributed by atoms with van der Waals surface area (Å²) in [6.45, 7) is 12.7. The number of allylic oxidation sites excluding steroid dienone is 2. The maximum Gasteiger partial charge on any atom is 0.143 e. The van der Waals surface area contributed by atoms with Crippen LogP contribution in [0, 0.1) is 0 Å². The molecule has 45 heavy (non-hydrogen) atoms. The van der Waals surface area contributed by atoms with E-state index >= 15 is 0 Å². The van der Waals surface area contributed by atoms with Crippen LogP contribution in [-0.4, -0.2) is 4.57 Å². The first-order valence-electron chi connectivity index (χ1n) is 15.5. The van der Waals surface area contributed by atoms with E-state index < -0.39 is 0 Å². The van der Waals surface area contributed by atoms with Gasteiger partial charge in [0.2, 0.25) is 0 Å². The number of rotatable bonds is 4. The van der Waals surface area contributed by atoms with Crippen molar-refractivity contribution in [1.29, 1.82) is 0 Å². The molecule has 2 heteroatoms. The standard InChI is InChI=1S/C43H31NO/c1-5-26(2)27-11-10-12-28(23-27)29-17-22-39-35(24-29)31-13-6-8-15-38(31)44(39)30-18-19-34-37(25-30)43(3,4)36-21-20-33-32-14-7-9-16-40(32)45-42(33)41(34)36/h5-25H,1-2H2,3-4H3. The van der Waals surface area contributed by atoms with E-state index in [1.807, 2.05) is 12.1 Å². The largest absolute Gasteiger partial charge is 0.455 e. The van der Waals surface area contributed by atoms with Crippen LogP contribution in [0.4, 0.5) is 0 Å². The van der Waals surface area contributed by atoms with Crippen LogP contribution >= 0.6 is 0 Å². The van der Waals surface area contributed by atoms with Crippen LogP contribution in [0.25, 0.3) is 77.3 Å². The second-order valence-electron chi connectivity index (χ2n) is 12.7. The Morgan fingerprint density at radius 2 is 1.44 bits per heavy atom. The molecule has 214 valence electrons. The number of benzene rings is 6. The molecule has 9 rings (SSSR count). The monoisotopic (exact) mass is 577 g/mol. The van der Waals surface area contributed by atoms with E-state index in [4.69, 9.17) is 4.42 Å². The quantitative estimate of drug-likeness (QED) is 0.190. The van der Waals surface area contributed by atoms with E-state index in [9.17, 15) is 0 Å². The number of fused-ring (bicyclic) bond motifs is 10. The summed E-state index contributed by atoms with van der Waals surface area (Å²) in [4.78, 5) is 0. The van der Waals surface area contributed by atoms with Crippen molar-refractivity contribution < 1.29 is 4.42 Å². The Labute approximate surface area is 262 Å². The molecule has 0 fully saturated rings. The van der Waals surface area contributed by atoms with Crippen molar-refractivity contribution in [2.45, 2.75) is 19.3 Å². The molecule has 0 unspecified atom stereocenters. The topological polar surface area (TPSA) is 18.1 Å². The molecule has 2 heterocycles. The van der Waals surface area contributed by atoms with Gasteiger partial charge in [0.25, 0.3) is 0 Å². The molecule has 8 aromatic rings. The van der Waals surface area contributed by atoms with Crippen LogP contribution in [-0.2, 0) is 5.41 Å². The van der Waals surface area contributed by atoms with Crippen molar-refractivity contribution >= 4 is 49.3 Å². The van der Waals surface area contributed by atoms with Crippen molar-refractivity contribution in [3.63, 3.8) is 0 Å². The fourth-order valence-electron chi connectivity index (χ4n) is 7.58. The second kappa shape index (κ2) is 9.20. The van der Waals surface area contributed by atoms with E-state index in [-0.39, 0.29) is 5.41 Å². The van der Waals surface area contributed by atoms with Gasteiger partial charge < -0.3 is 8.98 Å². The maximum absolute atomic E-state index is 6.52. The molecule has 0 saturated carbocycles. The Morgan fingerprint density at radius 3 is 2.31 bits per heavy atom. The average molecular weight is 578 g/mol. The summed E-state index contributed by atoms with van der Waals surface area (Å²) in [6.07, 6.45) is 1.81. The minimum absolute atomic E-state index is 0.166. The van der Waals surface area contributed by atoms with Gasteiger partial charge in [0.1, 0.15) is 11.2 Å². The smallest absolute Gasteiger partial charge is 0.143 e. The van der Waals surface area contributed by atoms with Crippen molar-refractivity contribution in [3.8, 4) is 27.9 Å². The third kappa shape index (κ3) is 3.57. The van der Waals surface area contributed by atoms with Crippen LogP contribution in [0.3, 0.4) is 0 Å². The molecule has 1 aliphatic rings. The molecule has 6 aromatic carbocycles. The van der Waals surface area contributed by atoms with Crippen LogP contribution in [0.5, 0.6) is 0 Å². The predicted octanol–water partition coefficient (Wildman–Crippen LogP) is 11.9. The number of hydrogen-bond donors (Lipinski definition) is 0. The first-order valence-corrected chi connectivity index (χ1v) is 15.5. The lowest BCUT2D eigenvalue weighted by atomic mass is 9.82. The molecule has 0 amide bonds. The van der Waals surface area contributed by atoms with Crippen molar-refractivity contribution in [1.82, 2.24) is 4.57 Å². The number of furan rings is 1. The summed E-state index contributed by atoms with van der Waals surface area (Å²) in [7, 11) is 0. The zero-order chi connectivity index (χ0) is 30.4. The van der Waals surface area contributed by atoms with Gasteiger partial charge in [0.15, 0.2) is 0 Å². The highest BCUT2D eigenvalue weighted by atomic mass is 16.3. The van der Waals surface area contributed by atoms with Crippen LogP contribution < -0.4 is 0 Å². The van der Waals surface area contributed by atoms with Gasteiger partial charge in [-0.1, -0.05) is 112 Å². The summed E-state index contributed by atoms with van der Waals surface area (Å²) in [5.41, 5.74) is 14.8. The van der Waals surface area contributed by atoms with E-state index in [0.29, 0.717) is 0 Å². The zero-order valence-electron chi connectivity index (χ0n) is 25.4. The number of hydrogen-bond acceptors (Lipinski definition) is 1. The van der Waals surface area contributed by atoms with Crippen molar-refractivity contribution in [2.24, 2.45) is 0 Å². The average Bonchev–Trinajstić information content (AvgIpc) is 3.70. The number of para-hydroxylation sites is 2. The Balaban J connectivity index is 1.24. The third-order valence-electron chi connectivity index (χ3n) is 9.91. The molecule has 0 atom stereocenters. The summed E-state index contributed by atoms with van der Waals surface area (Å²) in [6, 6.07) is 44.0. The van der Waals surface area contributed by atoms with E-state index in [1.54, 1.807) is 0 Å². The predicted molar refractivity (Wildman–Crippen MR) is 190 cm³/mol. The SMILES string of the molecule is C=CC(=C)c1cccc(-c2ccc3c(c2)c2ccccc2n3-c2ccc3c(c2)C(C)(C)c2ccc4c(oc5ccccc54)c2-3)c1. The first kappa shape index (κ1) is 25.9. The summed E-state index contributed by atoms with van der Waals surface area (Å²) in [5.74, 6) is 0. The molecule has 0 spiro atoms. The first-order chi connectivity index (χ1) is 21.9. The van der Waals surface area contributed by atoms with Crippen LogP contribution in [0.1, 0.15) is 30.5 Å². The Bertz CT molecular complexity index is 2550. The van der Waals surface area contributed by atoms with E-state index in [1.165, 1.54) is 71.6 Å². The van der Waals surface area contributed by atoms with Gasteiger partial charge in [-0.3, -0.25) is 0 Å². The molecule has 0 aliphatic heterocycles. The maximum atomic E-state index is 6.52. The highest BCUT2D eigenvalue weighted by Crippen LogP contribution is 2.53. The summed E-state index contributed by atoms with van der Waals surface area (Å²) >= 11 is 0. The van der Waals surface area contributed by atoms with E-state index in [2.05, 4.69) is 147 Å². The summed E-state index contributed by atoms with van der Waals surface area (Å²) < 4.78 is 8.94. The third-order valence-corrected chi connectivity index (χ3v) is 9.91. The normalized spacial score (nSPS) is 13.5. The van der Waals surface area contributed by atoms with Crippen LogP contribution in [0.15, 0.2) is 145 Å². The lowest BCUT2D eigenvalue weighted by molar-refractivity contribution is 0.653. The molecular weight excluding hydrogens is 546 g/mol. The molecule has 0 saturated heterocycles. The molecule has 0 radical (unpaired) electrons. The Morgan fingerprint density at radius 1 is 0.667 bits per heavy atom. The minimum Gasteiger partial charge on any atom is -0.455 e. The van der Waals surface area contributed by atoms with Gasteiger partial charge in [-0.2, -0.15) is 0 Å². The molecule has 2 nitrogen and oxygen atoms in total. The van der Waals surface area contributed by atoms with Crippen molar-refractivity contribution in [2.75, 3.05) is 0 Å². The lowest BCUT2D eigenvalue weighted by Gasteiger charge is -2.22.